The first-order valence-electron chi connectivity index (χ1n) is 8.65. The summed E-state index contributed by atoms with van der Waals surface area (Å²) in [4.78, 5) is 8.87. The summed E-state index contributed by atoms with van der Waals surface area (Å²) in [5.41, 5.74) is 2.04. The number of aliphatic hydroxyl groups excluding tert-OH is 1. The number of aliphatic hydroxyl groups is 1. The predicted molar refractivity (Wildman–Crippen MR) is 95.0 cm³/mol. The minimum Gasteiger partial charge on any atom is -0.481 e. The predicted octanol–water partition coefficient (Wildman–Crippen LogP) is 1.93. The first kappa shape index (κ1) is 17.7. The number of alkyl halides is 1. The van der Waals surface area contributed by atoms with Crippen molar-refractivity contribution in [3.8, 4) is 5.88 Å². The van der Waals surface area contributed by atoms with Crippen LogP contribution in [0.4, 0.5) is 16.2 Å². The van der Waals surface area contributed by atoms with Crippen molar-refractivity contribution in [2.75, 3.05) is 19.5 Å². The molecule has 0 aliphatic heterocycles. The van der Waals surface area contributed by atoms with Gasteiger partial charge in [0.1, 0.15) is 11.8 Å². The lowest BCUT2D eigenvalue weighted by Gasteiger charge is -2.11. The van der Waals surface area contributed by atoms with E-state index in [9.17, 15) is 9.50 Å². The summed E-state index contributed by atoms with van der Waals surface area (Å²) in [6, 6.07) is 3.45. The second-order valence-electron chi connectivity index (χ2n) is 6.54. The molecule has 1 aliphatic rings. The van der Waals surface area contributed by atoms with Crippen LogP contribution in [0.2, 0.25) is 0 Å². The van der Waals surface area contributed by atoms with Gasteiger partial charge in [0.25, 0.3) is 0 Å². The minimum atomic E-state index is -1.29. The third kappa shape index (κ3) is 3.33. The van der Waals surface area contributed by atoms with Crippen LogP contribution < -0.4 is 10.1 Å². The van der Waals surface area contributed by atoms with Gasteiger partial charge in [0.2, 0.25) is 11.8 Å². The van der Waals surface area contributed by atoms with Crippen molar-refractivity contribution in [2.45, 2.75) is 37.6 Å². The number of nitrogens with zero attached hydrogens (tertiary/aromatic N) is 4. The van der Waals surface area contributed by atoms with E-state index in [-0.39, 0.29) is 5.92 Å². The molecule has 1 aliphatic carbocycles. The maximum Gasteiger partial charge on any atom is 0.219 e. The maximum atomic E-state index is 14.1. The van der Waals surface area contributed by atoms with E-state index in [0.29, 0.717) is 48.4 Å². The number of aromatic amines is 1. The van der Waals surface area contributed by atoms with Gasteiger partial charge in [0, 0.05) is 37.1 Å². The second kappa shape index (κ2) is 7.12. The maximum absolute atomic E-state index is 14.1. The lowest BCUT2D eigenvalue weighted by atomic mass is 10.0. The summed E-state index contributed by atoms with van der Waals surface area (Å²) < 4.78 is 26.3. The van der Waals surface area contributed by atoms with Crippen LogP contribution in [0.1, 0.15) is 30.1 Å². The molecule has 3 heterocycles. The molecule has 27 heavy (non-hydrogen) atoms. The third-order valence-corrected chi connectivity index (χ3v) is 4.74. The molecule has 0 aromatic carbocycles. The SMILES string of the molecule is COCc1cn2c(Nc3cc([C@@H]4CC[C@H](O)[C@H]4F)[nH]n3)nc(OC)cc2n1. The van der Waals surface area contributed by atoms with Crippen LogP contribution in [-0.4, -0.2) is 56.2 Å². The Morgan fingerprint density at radius 1 is 1.33 bits per heavy atom. The molecule has 0 bridgehead atoms. The van der Waals surface area contributed by atoms with Gasteiger partial charge in [-0.3, -0.25) is 9.50 Å². The number of hydrogen-bond donors (Lipinski definition) is 3. The minimum absolute atomic E-state index is 0.373. The fourth-order valence-electron chi connectivity index (χ4n) is 3.40. The third-order valence-electron chi connectivity index (χ3n) is 4.74. The Kier molecular flexibility index (Phi) is 4.66. The number of methoxy groups -OCH3 is 2. The van der Waals surface area contributed by atoms with Crippen molar-refractivity contribution in [3.63, 3.8) is 0 Å². The summed E-state index contributed by atoms with van der Waals surface area (Å²) in [7, 11) is 3.13. The number of H-pyrrole nitrogens is 1. The molecule has 0 amide bonds. The van der Waals surface area contributed by atoms with Crippen molar-refractivity contribution in [1.29, 1.82) is 0 Å². The Balaban J connectivity index is 1.63. The Morgan fingerprint density at radius 3 is 2.89 bits per heavy atom. The van der Waals surface area contributed by atoms with E-state index >= 15 is 0 Å². The van der Waals surface area contributed by atoms with Gasteiger partial charge >= 0.3 is 0 Å². The lowest BCUT2D eigenvalue weighted by molar-refractivity contribution is 0.0959. The molecule has 3 aromatic rings. The van der Waals surface area contributed by atoms with Crippen LogP contribution in [0, 0.1) is 0 Å². The van der Waals surface area contributed by atoms with E-state index in [1.54, 1.807) is 23.6 Å². The van der Waals surface area contributed by atoms with Crippen molar-refractivity contribution < 1.29 is 19.0 Å². The number of rotatable bonds is 6. The number of aromatic nitrogens is 5. The molecule has 0 unspecified atom stereocenters. The first-order chi connectivity index (χ1) is 13.1. The van der Waals surface area contributed by atoms with E-state index in [4.69, 9.17) is 9.47 Å². The molecule has 0 radical (unpaired) electrons. The van der Waals surface area contributed by atoms with Gasteiger partial charge < -0.3 is 19.9 Å². The highest BCUT2D eigenvalue weighted by atomic mass is 19.1. The van der Waals surface area contributed by atoms with Gasteiger partial charge in [-0.25, -0.2) is 9.37 Å². The average Bonchev–Trinajstić information content (AvgIpc) is 3.35. The standard InChI is InChI=1S/C17H21FN6O3/c1-26-8-9-7-24-14(19-9)6-15(27-2)21-17(24)20-13-5-11(22-23-13)10-3-4-12(25)16(10)18/h5-7,10,12,16,25H,3-4,8H2,1-2H3,(H2,20,21,22,23)/t10-,12-,16-/m0/s1. The molecule has 3 atom stereocenters. The van der Waals surface area contributed by atoms with E-state index in [2.05, 4.69) is 25.5 Å². The molecule has 0 spiro atoms. The topological polar surface area (TPSA) is 110 Å². The number of hydrogen-bond acceptors (Lipinski definition) is 7. The number of halogens is 1. The molecule has 1 saturated carbocycles. The monoisotopic (exact) mass is 376 g/mol. The molecular weight excluding hydrogens is 355 g/mol. The van der Waals surface area contributed by atoms with E-state index < -0.39 is 12.3 Å². The normalized spacial score (nSPS) is 22.4. The molecule has 10 heteroatoms. The molecule has 4 rings (SSSR count). The molecular formula is C17H21FN6O3. The Bertz CT molecular complexity index is 942. The molecule has 9 nitrogen and oxygen atoms in total. The Morgan fingerprint density at radius 2 is 2.19 bits per heavy atom. The van der Waals surface area contributed by atoms with Crippen LogP contribution in [0.3, 0.4) is 0 Å². The number of anilines is 2. The van der Waals surface area contributed by atoms with Crippen LogP contribution in [0.5, 0.6) is 5.88 Å². The Hall–Kier alpha value is -2.72. The highest BCUT2D eigenvalue weighted by Crippen LogP contribution is 2.37. The van der Waals surface area contributed by atoms with Gasteiger partial charge in [0.05, 0.1) is 25.5 Å². The summed E-state index contributed by atoms with van der Waals surface area (Å²) in [5, 5.41) is 19.8. The summed E-state index contributed by atoms with van der Waals surface area (Å²) >= 11 is 0. The van der Waals surface area contributed by atoms with Crippen LogP contribution in [0.15, 0.2) is 18.3 Å². The van der Waals surface area contributed by atoms with Crippen LogP contribution in [0.25, 0.3) is 5.65 Å². The smallest absolute Gasteiger partial charge is 0.219 e. The van der Waals surface area contributed by atoms with Crippen LogP contribution >= 0.6 is 0 Å². The second-order valence-corrected chi connectivity index (χ2v) is 6.54. The van der Waals surface area contributed by atoms with Crippen molar-refractivity contribution in [2.24, 2.45) is 0 Å². The molecule has 1 fully saturated rings. The first-order valence-corrected chi connectivity index (χ1v) is 8.65. The highest BCUT2D eigenvalue weighted by molar-refractivity contribution is 5.56. The zero-order valence-corrected chi connectivity index (χ0v) is 15.0. The summed E-state index contributed by atoms with van der Waals surface area (Å²) in [5.74, 6) is 0.962. The molecule has 3 N–H and O–H groups in total. The highest BCUT2D eigenvalue weighted by Gasteiger charge is 2.37. The van der Waals surface area contributed by atoms with Gasteiger partial charge in [-0.05, 0) is 12.8 Å². The zero-order chi connectivity index (χ0) is 19.0. The average molecular weight is 376 g/mol. The van der Waals surface area contributed by atoms with Crippen LogP contribution in [-0.2, 0) is 11.3 Å². The number of imidazole rings is 1. The Labute approximate surface area is 154 Å². The van der Waals surface area contributed by atoms with Gasteiger partial charge in [-0.15, -0.1) is 0 Å². The van der Waals surface area contributed by atoms with E-state index in [0.717, 1.165) is 5.69 Å². The lowest BCUT2D eigenvalue weighted by Crippen LogP contribution is -2.19. The van der Waals surface area contributed by atoms with E-state index in [1.165, 1.54) is 7.11 Å². The largest absolute Gasteiger partial charge is 0.481 e. The fourth-order valence-corrected chi connectivity index (χ4v) is 3.40. The van der Waals surface area contributed by atoms with Crippen molar-refractivity contribution in [1.82, 2.24) is 24.6 Å². The van der Waals surface area contributed by atoms with Gasteiger partial charge in [-0.1, -0.05) is 0 Å². The van der Waals surface area contributed by atoms with Gasteiger partial charge in [0.15, 0.2) is 5.82 Å². The zero-order valence-electron chi connectivity index (χ0n) is 15.0. The van der Waals surface area contributed by atoms with Gasteiger partial charge in [-0.2, -0.15) is 10.1 Å². The quantitative estimate of drug-likeness (QED) is 0.603. The van der Waals surface area contributed by atoms with Crippen molar-refractivity contribution in [3.05, 3.63) is 29.7 Å². The van der Waals surface area contributed by atoms with E-state index in [1.807, 2.05) is 6.20 Å². The number of fused-ring (bicyclic) bond motifs is 1. The van der Waals surface area contributed by atoms with Crippen molar-refractivity contribution >= 4 is 17.4 Å². The number of ether oxygens (including phenoxy) is 2. The molecule has 3 aromatic heterocycles. The summed E-state index contributed by atoms with van der Waals surface area (Å²) in [6.07, 6.45) is 0.632. The molecule has 144 valence electrons. The number of nitrogens with one attached hydrogen (secondary N) is 2. The summed E-state index contributed by atoms with van der Waals surface area (Å²) in [6.45, 7) is 0.373. The fraction of sp³-hybridized carbons (Fsp3) is 0.471. The molecule has 0 saturated heterocycles.